The first kappa shape index (κ1) is 46.9. The standard InChI is InChI=1S/C17H18O.C16H18O2S.C16H18O.2CH4/c1-11-5-7-15(9-13(11)3)17(18)16-8-6-12(2)14(4)10-16;1-11-5-7-15(9-13(11)3)19(17,18)16-8-6-12(2)14(4)10-16;1-11-5-7-15(9-13(11)3)17-16-8-6-12(2)14(4)10-16;;/h5-10H,1-4H3;5-10H,1-4H3;5-10H,1-4H3;2*1H4. The molecular formula is C51H62O4S. The van der Waals surface area contributed by atoms with Crippen LogP contribution in [0.5, 0.6) is 11.5 Å². The van der Waals surface area contributed by atoms with E-state index in [0.717, 1.165) is 56.0 Å². The highest BCUT2D eigenvalue weighted by Gasteiger charge is 2.18. The van der Waals surface area contributed by atoms with Crippen LogP contribution in [-0.4, -0.2) is 14.2 Å². The molecule has 6 aromatic rings. The van der Waals surface area contributed by atoms with Crippen molar-refractivity contribution in [2.45, 2.75) is 108 Å². The predicted octanol–water partition coefficient (Wildman–Crippen LogP) is 13.9. The van der Waals surface area contributed by atoms with E-state index in [1.54, 1.807) is 24.3 Å². The fourth-order valence-electron chi connectivity index (χ4n) is 5.52. The van der Waals surface area contributed by atoms with E-state index in [2.05, 4.69) is 65.8 Å². The summed E-state index contributed by atoms with van der Waals surface area (Å²) in [6, 6.07) is 34.6. The molecule has 0 spiro atoms. The fourth-order valence-corrected chi connectivity index (χ4v) is 6.95. The number of rotatable bonds is 6. The Hall–Kier alpha value is -5.26. The zero-order valence-corrected chi connectivity index (χ0v) is 34.8. The molecule has 6 rings (SSSR count). The van der Waals surface area contributed by atoms with Crippen molar-refractivity contribution in [3.05, 3.63) is 187 Å². The van der Waals surface area contributed by atoms with Crippen molar-refractivity contribution in [3.63, 3.8) is 0 Å². The lowest BCUT2D eigenvalue weighted by Gasteiger charge is -2.09. The highest BCUT2D eigenvalue weighted by Crippen LogP contribution is 2.26. The summed E-state index contributed by atoms with van der Waals surface area (Å²) in [7, 11) is -3.42. The van der Waals surface area contributed by atoms with Gasteiger partial charge in [-0.15, -0.1) is 0 Å². The summed E-state index contributed by atoms with van der Waals surface area (Å²) in [5.74, 6) is 1.90. The molecule has 0 saturated carbocycles. The number of hydrogen-bond donors (Lipinski definition) is 0. The Kier molecular flexibility index (Phi) is 16.8. The summed E-state index contributed by atoms with van der Waals surface area (Å²) in [5.41, 5.74) is 15.5. The average Bonchev–Trinajstić information content (AvgIpc) is 3.13. The Balaban J connectivity index is 0.000000285. The molecule has 0 radical (unpaired) electrons. The van der Waals surface area contributed by atoms with Gasteiger partial charge >= 0.3 is 0 Å². The maximum absolute atomic E-state index is 12.6. The number of hydrogen-bond acceptors (Lipinski definition) is 4. The molecule has 0 N–H and O–H groups in total. The van der Waals surface area contributed by atoms with Crippen molar-refractivity contribution >= 4 is 15.6 Å². The van der Waals surface area contributed by atoms with Gasteiger partial charge in [-0.3, -0.25) is 4.79 Å². The second kappa shape index (κ2) is 20.1. The summed E-state index contributed by atoms with van der Waals surface area (Å²) >= 11 is 0. The topological polar surface area (TPSA) is 60.4 Å². The molecule has 0 aliphatic rings. The molecule has 5 heteroatoms. The Labute approximate surface area is 338 Å². The van der Waals surface area contributed by atoms with Crippen molar-refractivity contribution < 1.29 is 17.9 Å². The Morgan fingerprint density at radius 1 is 0.357 bits per heavy atom. The zero-order chi connectivity index (χ0) is 39.9. The van der Waals surface area contributed by atoms with Gasteiger partial charge in [0.1, 0.15) is 11.5 Å². The highest BCUT2D eigenvalue weighted by atomic mass is 32.2. The maximum atomic E-state index is 12.6. The van der Waals surface area contributed by atoms with Crippen LogP contribution in [0.2, 0.25) is 0 Å². The number of carbonyl (C=O) groups is 1. The summed E-state index contributed by atoms with van der Waals surface area (Å²) in [4.78, 5) is 13.1. The fraction of sp³-hybridized carbons (Fsp3) is 0.275. The minimum absolute atomic E-state index is 0. The van der Waals surface area contributed by atoms with Gasteiger partial charge < -0.3 is 4.74 Å². The van der Waals surface area contributed by atoms with E-state index < -0.39 is 9.84 Å². The van der Waals surface area contributed by atoms with E-state index >= 15 is 0 Å². The predicted molar refractivity (Wildman–Crippen MR) is 238 cm³/mol. The van der Waals surface area contributed by atoms with Gasteiger partial charge in [-0.2, -0.15) is 0 Å². The molecule has 4 nitrogen and oxygen atoms in total. The van der Waals surface area contributed by atoms with Crippen LogP contribution >= 0.6 is 0 Å². The van der Waals surface area contributed by atoms with Gasteiger partial charge in [0, 0.05) is 11.1 Å². The van der Waals surface area contributed by atoms with E-state index in [1.165, 1.54) is 33.4 Å². The van der Waals surface area contributed by atoms with E-state index in [9.17, 15) is 13.2 Å². The molecule has 0 heterocycles. The molecule has 56 heavy (non-hydrogen) atoms. The van der Waals surface area contributed by atoms with Crippen molar-refractivity contribution in [1.82, 2.24) is 0 Å². The lowest BCUT2D eigenvalue weighted by atomic mass is 9.97. The first-order chi connectivity index (χ1) is 25.4. The quantitative estimate of drug-likeness (QED) is 0.158. The number of ketones is 1. The Morgan fingerprint density at radius 3 is 0.911 bits per heavy atom. The number of sulfone groups is 1. The summed E-state index contributed by atoms with van der Waals surface area (Å²) in [6.45, 7) is 24.4. The minimum atomic E-state index is -3.42. The minimum Gasteiger partial charge on any atom is -0.457 e. The van der Waals surface area contributed by atoms with E-state index in [1.807, 2.05) is 102 Å². The van der Waals surface area contributed by atoms with Gasteiger partial charge in [-0.1, -0.05) is 63.4 Å². The molecule has 0 saturated heterocycles. The molecule has 0 fully saturated rings. The molecule has 0 atom stereocenters. The molecule has 0 bridgehead atoms. The molecule has 6 aromatic carbocycles. The van der Waals surface area contributed by atoms with Crippen molar-refractivity contribution in [2.75, 3.05) is 0 Å². The van der Waals surface area contributed by atoms with Crippen molar-refractivity contribution in [2.24, 2.45) is 0 Å². The Morgan fingerprint density at radius 2 is 0.625 bits per heavy atom. The largest absolute Gasteiger partial charge is 0.457 e. The van der Waals surface area contributed by atoms with Crippen LogP contribution in [0.4, 0.5) is 0 Å². The smallest absolute Gasteiger partial charge is 0.206 e. The van der Waals surface area contributed by atoms with Gasteiger partial charge in [-0.05, 0) is 211 Å². The van der Waals surface area contributed by atoms with Gasteiger partial charge in [0.25, 0.3) is 0 Å². The van der Waals surface area contributed by atoms with Gasteiger partial charge in [0.2, 0.25) is 9.84 Å². The molecule has 0 aliphatic heterocycles. The van der Waals surface area contributed by atoms with Crippen LogP contribution in [-0.2, 0) is 9.84 Å². The number of carbonyl (C=O) groups excluding carboxylic acids is 1. The van der Waals surface area contributed by atoms with E-state index in [0.29, 0.717) is 9.79 Å². The molecular weight excluding hydrogens is 709 g/mol. The number of ether oxygens (including phenoxy) is 1. The summed E-state index contributed by atoms with van der Waals surface area (Å²) < 4.78 is 31.0. The van der Waals surface area contributed by atoms with Gasteiger partial charge in [-0.25, -0.2) is 8.42 Å². The summed E-state index contributed by atoms with van der Waals surface area (Å²) in [5, 5.41) is 0. The maximum Gasteiger partial charge on any atom is 0.206 e. The molecule has 0 aliphatic carbocycles. The van der Waals surface area contributed by atoms with Crippen LogP contribution in [0, 0.1) is 83.1 Å². The third kappa shape index (κ3) is 11.9. The molecule has 0 unspecified atom stereocenters. The van der Waals surface area contributed by atoms with E-state index in [-0.39, 0.29) is 20.6 Å². The average molecular weight is 771 g/mol. The van der Waals surface area contributed by atoms with Crippen LogP contribution in [0.25, 0.3) is 0 Å². The Bertz CT molecular complexity index is 2260. The lowest BCUT2D eigenvalue weighted by molar-refractivity contribution is 0.103. The SMILES string of the molecule is C.C.Cc1ccc(C(=O)c2ccc(C)c(C)c2)cc1C.Cc1ccc(Oc2ccc(C)c(C)c2)cc1C.Cc1ccc(S(=O)(=O)c2ccc(C)c(C)c2)cc1C. The van der Waals surface area contributed by atoms with Crippen molar-refractivity contribution in [1.29, 1.82) is 0 Å². The first-order valence-corrected chi connectivity index (χ1v) is 19.8. The zero-order valence-electron chi connectivity index (χ0n) is 33.9. The van der Waals surface area contributed by atoms with Crippen LogP contribution in [0.3, 0.4) is 0 Å². The summed E-state index contributed by atoms with van der Waals surface area (Å²) in [6.07, 6.45) is 0. The highest BCUT2D eigenvalue weighted by molar-refractivity contribution is 7.91. The third-order valence-electron chi connectivity index (χ3n) is 10.3. The van der Waals surface area contributed by atoms with Gasteiger partial charge in [0.15, 0.2) is 5.78 Å². The van der Waals surface area contributed by atoms with Gasteiger partial charge in [0.05, 0.1) is 9.79 Å². The van der Waals surface area contributed by atoms with Crippen LogP contribution < -0.4 is 4.74 Å². The monoisotopic (exact) mass is 770 g/mol. The normalized spacial score (nSPS) is 10.4. The van der Waals surface area contributed by atoms with Crippen LogP contribution in [0.1, 0.15) is 97.5 Å². The molecule has 0 aromatic heterocycles. The van der Waals surface area contributed by atoms with E-state index in [4.69, 9.17) is 4.74 Å². The third-order valence-corrected chi connectivity index (χ3v) is 12.1. The lowest BCUT2D eigenvalue weighted by Crippen LogP contribution is -2.03. The number of aryl methyl sites for hydroxylation is 12. The number of benzene rings is 6. The molecule has 296 valence electrons. The second-order valence-electron chi connectivity index (χ2n) is 14.5. The van der Waals surface area contributed by atoms with Crippen LogP contribution in [0.15, 0.2) is 119 Å². The van der Waals surface area contributed by atoms with Crippen molar-refractivity contribution in [3.8, 4) is 11.5 Å². The first-order valence-electron chi connectivity index (χ1n) is 18.3. The second-order valence-corrected chi connectivity index (χ2v) is 16.5. The molecule has 0 amide bonds.